The molecular weight excluding hydrogens is 472 g/mol. The molecule has 0 atom stereocenters. The van der Waals surface area contributed by atoms with Gasteiger partial charge in [-0.1, -0.05) is 30.0 Å². The minimum Gasteiger partial charge on any atom is -0.343 e. The van der Waals surface area contributed by atoms with Crippen molar-refractivity contribution in [2.45, 2.75) is 35.5 Å². The van der Waals surface area contributed by atoms with E-state index in [1.165, 1.54) is 26.0 Å². The molecule has 0 bridgehead atoms. The van der Waals surface area contributed by atoms with Crippen LogP contribution in [0, 0.1) is 0 Å². The van der Waals surface area contributed by atoms with E-state index in [1.54, 1.807) is 35.5 Å². The van der Waals surface area contributed by atoms with Gasteiger partial charge in [-0.3, -0.25) is 9.78 Å². The number of aliphatic imine (C=N–C) groups is 1. The van der Waals surface area contributed by atoms with E-state index in [2.05, 4.69) is 64.7 Å². The van der Waals surface area contributed by atoms with E-state index in [0.717, 1.165) is 41.8 Å². The van der Waals surface area contributed by atoms with Crippen molar-refractivity contribution in [3.8, 4) is 0 Å². The van der Waals surface area contributed by atoms with Crippen LogP contribution in [-0.4, -0.2) is 24.2 Å². The third-order valence-electron chi connectivity index (χ3n) is 6.42. The SMILES string of the molecule is CN1c2ccccc2Sc2cc(C=Nc3sc4c(c3C(=O)Nc3cccnc3)CCCC4)ccc21. The Labute approximate surface area is 212 Å². The van der Waals surface area contributed by atoms with Gasteiger partial charge in [0, 0.05) is 34.1 Å². The number of carbonyl (C=O) groups excluding carboxylic acids is 1. The number of nitrogens with one attached hydrogen (secondary N) is 1. The van der Waals surface area contributed by atoms with Crippen molar-refractivity contribution < 1.29 is 4.79 Å². The first-order chi connectivity index (χ1) is 17.2. The number of carbonyl (C=O) groups is 1. The summed E-state index contributed by atoms with van der Waals surface area (Å²) >= 11 is 3.43. The predicted octanol–water partition coefficient (Wildman–Crippen LogP) is 7.26. The molecule has 3 heterocycles. The molecule has 7 heteroatoms. The van der Waals surface area contributed by atoms with Crippen LogP contribution in [0.1, 0.15) is 39.2 Å². The standard InChI is InChI=1S/C28H24N4OS2/c1-32-21-9-3-5-11-24(21)34-25-15-18(12-13-22(25)32)16-30-28-26(20-8-2-4-10-23(20)35-28)27(33)31-19-7-6-14-29-17-19/h3,5-7,9,11-17H,2,4,8,10H2,1H3,(H,31,33). The van der Waals surface area contributed by atoms with E-state index in [1.807, 2.05) is 18.3 Å². The van der Waals surface area contributed by atoms with Crippen molar-refractivity contribution in [1.82, 2.24) is 4.98 Å². The van der Waals surface area contributed by atoms with Crippen molar-refractivity contribution in [1.29, 1.82) is 0 Å². The summed E-state index contributed by atoms with van der Waals surface area (Å²) in [4.78, 5) is 28.2. The number of aromatic nitrogens is 1. The van der Waals surface area contributed by atoms with E-state index in [0.29, 0.717) is 11.3 Å². The fourth-order valence-electron chi connectivity index (χ4n) is 4.68. The lowest BCUT2D eigenvalue weighted by molar-refractivity contribution is 0.102. The molecule has 1 amide bonds. The van der Waals surface area contributed by atoms with Gasteiger partial charge in [0.15, 0.2) is 0 Å². The summed E-state index contributed by atoms with van der Waals surface area (Å²) in [5.41, 5.74) is 6.00. The van der Waals surface area contributed by atoms with Crippen molar-refractivity contribution in [2.24, 2.45) is 4.99 Å². The number of amides is 1. The molecule has 0 spiro atoms. The quantitative estimate of drug-likeness (QED) is 0.302. The maximum Gasteiger partial charge on any atom is 0.259 e. The van der Waals surface area contributed by atoms with Crippen LogP contribution in [0.2, 0.25) is 0 Å². The highest BCUT2D eigenvalue weighted by Gasteiger charge is 2.25. The Bertz CT molecular complexity index is 1440. The van der Waals surface area contributed by atoms with Crippen LogP contribution >= 0.6 is 23.1 Å². The van der Waals surface area contributed by atoms with E-state index in [-0.39, 0.29) is 5.91 Å². The topological polar surface area (TPSA) is 57.6 Å². The van der Waals surface area contributed by atoms with Crippen molar-refractivity contribution in [3.63, 3.8) is 0 Å². The lowest BCUT2D eigenvalue weighted by Crippen LogP contribution is -2.15. The van der Waals surface area contributed by atoms with Gasteiger partial charge in [-0.25, -0.2) is 4.99 Å². The number of pyridine rings is 1. The fraction of sp³-hybridized carbons (Fsp3) is 0.179. The zero-order chi connectivity index (χ0) is 23.8. The molecule has 0 saturated heterocycles. The maximum atomic E-state index is 13.3. The fourth-order valence-corrected chi connectivity index (χ4v) is 7.11. The van der Waals surface area contributed by atoms with Gasteiger partial charge in [0.05, 0.1) is 28.8 Å². The monoisotopic (exact) mass is 496 g/mol. The van der Waals surface area contributed by atoms with Crippen molar-refractivity contribution >= 4 is 57.3 Å². The summed E-state index contributed by atoms with van der Waals surface area (Å²) in [6.07, 6.45) is 9.47. The van der Waals surface area contributed by atoms with Crippen molar-refractivity contribution in [2.75, 3.05) is 17.3 Å². The smallest absolute Gasteiger partial charge is 0.259 e. The number of para-hydroxylation sites is 1. The van der Waals surface area contributed by atoms with Gasteiger partial charge >= 0.3 is 0 Å². The van der Waals surface area contributed by atoms with Crippen LogP contribution in [0.15, 0.2) is 81.8 Å². The highest BCUT2D eigenvalue weighted by Crippen LogP contribution is 2.47. The molecular formula is C28H24N4OS2. The molecule has 2 aromatic heterocycles. The summed E-state index contributed by atoms with van der Waals surface area (Å²) in [5.74, 6) is -0.108. The van der Waals surface area contributed by atoms with Gasteiger partial charge in [-0.15, -0.1) is 11.3 Å². The van der Waals surface area contributed by atoms with Crippen LogP contribution in [0.4, 0.5) is 22.1 Å². The summed E-state index contributed by atoms with van der Waals surface area (Å²) in [7, 11) is 2.11. The van der Waals surface area contributed by atoms with Crippen LogP contribution in [0.25, 0.3) is 0 Å². The number of aryl methyl sites for hydroxylation is 1. The van der Waals surface area contributed by atoms with Crippen molar-refractivity contribution in [3.05, 3.63) is 88.6 Å². The average Bonchev–Trinajstić information content (AvgIpc) is 3.27. The highest BCUT2D eigenvalue weighted by atomic mass is 32.2. The van der Waals surface area contributed by atoms with Crippen LogP contribution in [-0.2, 0) is 12.8 Å². The molecule has 1 aliphatic heterocycles. The van der Waals surface area contributed by atoms with Crippen LogP contribution in [0.5, 0.6) is 0 Å². The molecule has 0 radical (unpaired) electrons. The number of fused-ring (bicyclic) bond motifs is 3. The zero-order valence-corrected chi connectivity index (χ0v) is 21.0. The molecule has 6 rings (SSSR count). The molecule has 5 nitrogen and oxygen atoms in total. The summed E-state index contributed by atoms with van der Waals surface area (Å²) in [6, 6.07) is 18.6. The molecule has 4 aromatic rings. The van der Waals surface area contributed by atoms with E-state index in [9.17, 15) is 4.79 Å². The Balaban J connectivity index is 1.32. The molecule has 174 valence electrons. The van der Waals surface area contributed by atoms with Gasteiger partial charge in [0.2, 0.25) is 0 Å². The number of benzene rings is 2. The lowest BCUT2D eigenvalue weighted by atomic mass is 9.95. The minimum atomic E-state index is -0.108. The Morgan fingerprint density at radius 2 is 1.91 bits per heavy atom. The first-order valence-electron chi connectivity index (χ1n) is 11.7. The van der Waals surface area contributed by atoms with E-state index < -0.39 is 0 Å². The van der Waals surface area contributed by atoms with Gasteiger partial charge < -0.3 is 10.2 Å². The molecule has 1 N–H and O–H groups in total. The minimum absolute atomic E-state index is 0.108. The molecule has 0 fully saturated rings. The predicted molar refractivity (Wildman–Crippen MR) is 145 cm³/mol. The number of hydrogen-bond donors (Lipinski definition) is 1. The number of nitrogens with zero attached hydrogens (tertiary/aromatic N) is 3. The second-order valence-corrected chi connectivity index (χ2v) is 10.9. The maximum absolute atomic E-state index is 13.3. The normalized spacial score (nSPS) is 14.4. The van der Waals surface area contributed by atoms with E-state index in [4.69, 9.17) is 4.99 Å². The Hall–Kier alpha value is -3.42. The van der Waals surface area contributed by atoms with Crippen LogP contribution in [0.3, 0.4) is 0 Å². The summed E-state index contributed by atoms with van der Waals surface area (Å²) in [6.45, 7) is 0. The largest absolute Gasteiger partial charge is 0.343 e. The molecule has 0 unspecified atom stereocenters. The third-order valence-corrected chi connectivity index (χ3v) is 8.73. The molecule has 1 aliphatic carbocycles. The second-order valence-electron chi connectivity index (χ2n) is 8.70. The Morgan fingerprint density at radius 3 is 2.80 bits per heavy atom. The summed E-state index contributed by atoms with van der Waals surface area (Å²) < 4.78 is 0. The van der Waals surface area contributed by atoms with Gasteiger partial charge in [-0.05, 0) is 73.2 Å². The number of rotatable bonds is 4. The Morgan fingerprint density at radius 1 is 1.06 bits per heavy atom. The number of anilines is 3. The number of hydrogen-bond acceptors (Lipinski definition) is 6. The second kappa shape index (κ2) is 9.32. The zero-order valence-electron chi connectivity index (χ0n) is 19.3. The lowest BCUT2D eigenvalue weighted by Gasteiger charge is -2.29. The molecule has 2 aromatic carbocycles. The van der Waals surface area contributed by atoms with Gasteiger partial charge in [0.1, 0.15) is 5.00 Å². The molecule has 2 aliphatic rings. The highest BCUT2D eigenvalue weighted by molar-refractivity contribution is 7.99. The van der Waals surface area contributed by atoms with Gasteiger partial charge in [-0.2, -0.15) is 0 Å². The third kappa shape index (κ3) is 4.26. The van der Waals surface area contributed by atoms with Crippen LogP contribution < -0.4 is 10.2 Å². The average molecular weight is 497 g/mol. The number of thiophene rings is 1. The first-order valence-corrected chi connectivity index (χ1v) is 13.4. The Kier molecular flexibility index (Phi) is 5.88. The molecule has 35 heavy (non-hydrogen) atoms. The van der Waals surface area contributed by atoms with E-state index >= 15 is 0 Å². The summed E-state index contributed by atoms with van der Waals surface area (Å²) in [5, 5.41) is 3.79. The first kappa shape index (κ1) is 22.1. The van der Waals surface area contributed by atoms with Gasteiger partial charge in [0.25, 0.3) is 5.91 Å². The molecule has 0 saturated carbocycles.